The zero-order valence-electron chi connectivity index (χ0n) is 13.2. The number of aryl methyl sites for hydroxylation is 3. The van der Waals surface area contributed by atoms with Crippen molar-refractivity contribution in [2.75, 3.05) is 5.32 Å². The highest BCUT2D eigenvalue weighted by Gasteiger charge is 2.10. The number of anilines is 1. The van der Waals surface area contributed by atoms with E-state index >= 15 is 0 Å². The summed E-state index contributed by atoms with van der Waals surface area (Å²) in [6, 6.07) is 9.38. The molecule has 0 saturated carbocycles. The quantitative estimate of drug-likeness (QED) is 0.807. The predicted molar refractivity (Wildman–Crippen MR) is 87.8 cm³/mol. The third-order valence-electron chi connectivity index (χ3n) is 3.48. The molecule has 0 aliphatic rings. The van der Waals surface area contributed by atoms with Gasteiger partial charge in [-0.25, -0.2) is 14.6 Å². The molecule has 0 radical (unpaired) electrons. The SMILES string of the molecule is Cc1cc(C)n(-c2ncc(NC(=O)c3ccccc3C)cn2)n1. The van der Waals surface area contributed by atoms with Crippen molar-refractivity contribution in [3.63, 3.8) is 0 Å². The van der Waals surface area contributed by atoms with Crippen LogP contribution in [0.1, 0.15) is 27.3 Å². The molecule has 3 aromatic rings. The molecule has 1 amide bonds. The monoisotopic (exact) mass is 307 g/mol. The van der Waals surface area contributed by atoms with Crippen molar-refractivity contribution in [1.82, 2.24) is 19.7 Å². The molecule has 116 valence electrons. The maximum Gasteiger partial charge on any atom is 0.256 e. The van der Waals surface area contributed by atoms with E-state index in [1.165, 1.54) is 0 Å². The minimum Gasteiger partial charge on any atom is -0.319 e. The maximum atomic E-state index is 12.3. The van der Waals surface area contributed by atoms with Crippen LogP contribution in [0.15, 0.2) is 42.7 Å². The van der Waals surface area contributed by atoms with Crippen molar-refractivity contribution in [2.45, 2.75) is 20.8 Å². The summed E-state index contributed by atoms with van der Waals surface area (Å²) >= 11 is 0. The highest BCUT2D eigenvalue weighted by molar-refractivity contribution is 6.05. The van der Waals surface area contributed by atoms with Gasteiger partial charge in [0.25, 0.3) is 11.9 Å². The Kier molecular flexibility index (Phi) is 3.89. The molecule has 0 spiro atoms. The van der Waals surface area contributed by atoms with Gasteiger partial charge in [-0.2, -0.15) is 5.10 Å². The lowest BCUT2D eigenvalue weighted by atomic mass is 10.1. The van der Waals surface area contributed by atoms with E-state index in [0.29, 0.717) is 17.2 Å². The molecule has 2 aromatic heterocycles. The second-order valence-electron chi connectivity index (χ2n) is 5.38. The van der Waals surface area contributed by atoms with Gasteiger partial charge in [-0.15, -0.1) is 0 Å². The summed E-state index contributed by atoms with van der Waals surface area (Å²) in [6.45, 7) is 5.76. The molecular formula is C17H17N5O. The number of amides is 1. The zero-order chi connectivity index (χ0) is 16.4. The van der Waals surface area contributed by atoms with Gasteiger partial charge in [0.15, 0.2) is 0 Å². The van der Waals surface area contributed by atoms with Gasteiger partial charge in [-0.05, 0) is 38.5 Å². The summed E-state index contributed by atoms with van der Waals surface area (Å²) < 4.78 is 1.67. The van der Waals surface area contributed by atoms with Crippen LogP contribution in [-0.4, -0.2) is 25.7 Å². The van der Waals surface area contributed by atoms with Crippen LogP contribution in [0, 0.1) is 20.8 Å². The van der Waals surface area contributed by atoms with Gasteiger partial charge >= 0.3 is 0 Å². The number of nitrogens with zero attached hydrogens (tertiary/aromatic N) is 4. The van der Waals surface area contributed by atoms with E-state index in [0.717, 1.165) is 17.0 Å². The smallest absolute Gasteiger partial charge is 0.256 e. The topological polar surface area (TPSA) is 72.7 Å². The minimum absolute atomic E-state index is 0.175. The van der Waals surface area contributed by atoms with Crippen LogP contribution in [0.3, 0.4) is 0 Å². The van der Waals surface area contributed by atoms with Gasteiger partial charge in [-0.3, -0.25) is 4.79 Å². The van der Waals surface area contributed by atoms with Crippen molar-refractivity contribution >= 4 is 11.6 Å². The van der Waals surface area contributed by atoms with Crippen molar-refractivity contribution in [3.8, 4) is 5.95 Å². The van der Waals surface area contributed by atoms with E-state index in [1.54, 1.807) is 23.1 Å². The van der Waals surface area contributed by atoms with Crippen LogP contribution in [-0.2, 0) is 0 Å². The van der Waals surface area contributed by atoms with E-state index in [2.05, 4.69) is 20.4 Å². The van der Waals surface area contributed by atoms with Crippen molar-refractivity contribution in [2.24, 2.45) is 0 Å². The van der Waals surface area contributed by atoms with Crippen LogP contribution in [0.4, 0.5) is 5.69 Å². The molecule has 0 fully saturated rings. The lowest BCUT2D eigenvalue weighted by molar-refractivity contribution is 0.102. The molecule has 23 heavy (non-hydrogen) atoms. The van der Waals surface area contributed by atoms with E-state index in [1.807, 2.05) is 45.0 Å². The molecule has 0 bridgehead atoms. The van der Waals surface area contributed by atoms with Gasteiger partial charge in [0.1, 0.15) is 0 Å². The van der Waals surface area contributed by atoms with Crippen LogP contribution in [0.5, 0.6) is 0 Å². The van der Waals surface area contributed by atoms with Crippen molar-refractivity contribution in [1.29, 1.82) is 0 Å². The highest BCUT2D eigenvalue weighted by atomic mass is 16.1. The van der Waals surface area contributed by atoms with E-state index in [9.17, 15) is 4.79 Å². The largest absolute Gasteiger partial charge is 0.319 e. The standard InChI is InChI=1S/C17H17N5O/c1-11-6-4-5-7-15(11)16(23)20-14-9-18-17(19-10-14)22-13(3)8-12(2)21-22/h4-10H,1-3H3,(H,20,23). The molecule has 0 atom stereocenters. The molecule has 0 unspecified atom stereocenters. The van der Waals surface area contributed by atoms with Crippen LogP contribution < -0.4 is 5.32 Å². The number of nitrogens with one attached hydrogen (secondary N) is 1. The summed E-state index contributed by atoms with van der Waals surface area (Å²) in [4.78, 5) is 20.8. The number of rotatable bonds is 3. The second kappa shape index (κ2) is 6.00. The number of benzene rings is 1. The van der Waals surface area contributed by atoms with Crippen LogP contribution in [0.25, 0.3) is 5.95 Å². The molecule has 1 aromatic carbocycles. The Labute approximate surface area is 134 Å². The zero-order valence-corrected chi connectivity index (χ0v) is 13.2. The fourth-order valence-corrected chi connectivity index (χ4v) is 2.35. The van der Waals surface area contributed by atoms with Crippen LogP contribution >= 0.6 is 0 Å². The van der Waals surface area contributed by atoms with Crippen molar-refractivity contribution < 1.29 is 4.79 Å². The Hall–Kier alpha value is -3.02. The number of aromatic nitrogens is 4. The number of carbonyl (C=O) groups excluding carboxylic acids is 1. The summed E-state index contributed by atoms with van der Waals surface area (Å²) in [6.07, 6.45) is 3.16. The van der Waals surface area contributed by atoms with E-state index in [4.69, 9.17) is 0 Å². The minimum atomic E-state index is -0.175. The van der Waals surface area contributed by atoms with Crippen LogP contribution in [0.2, 0.25) is 0 Å². The Balaban J connectivity index is 1.79. The van der Waals surface area contributed by atoms with Gasteiger partial charge in [0.05, 0.1) is 23.8 Å². The summed E-state index contributed by atoms with van der Waals surface area (Å²) in [7, 11) is 0. The summed E-state index contributed by atoms with van der Waals surface area (Å²) in [5.74, 6) is 0.301. The van der Waals surface area contributed by atoms with E-state index in [-0.39, 0.29) is 5.91 Å². The highest BCUT2D eigenvalue weighted by Crippen LogP contribution is 2.12. The van der Waals surface area contributed by atoms with Gasteiger partial charge in [-0.1, -0.05) is 18.2 Å². The molecule has 0 saturated heterocycles. The average molecular weight is 307 g/mol. The first kappa shape index (κ1) is 14.9. The van der Waals surface area contributed by atoms with Gasteiger partial charge in [0, 0.05) is 11.3 Å². The summed E-state index contributed by atoms with van der Waals surface area (Å²) in [5, 5.41) is 7.14. The maximum absolute atomic E-state index is 12.3. The molecule has 6 nitrogen and oxygen atoms in total. The third kappa shape index (κ3) is 3.11. The second-order valence-corrected chi connectivity index (χ2v) is 5.38. The number of hydrogen-bond acceptors (Lipinski definition) is 4. The average Bonchev–Trinajstić information content (AvgIpc) is 2.87. The molecule has 0 aliphatic heterocycles. The fraction of sp³-hybridized carbons (Fsp3) is 0.176. The Morgan fingerprint density at radius 2 is 1.78 bits per heavy atom. The first-order valence-electron chi connectivity index (χ1n) is 7.27. The third-order valence-corrected chi connectivity index (χ3v) is 3.48. The van der Waals surface area contributed by atoms with Gasteiger partial charge < -0.3 is 5.32 Å². The molecule has 3 rings (SSSR count). The molecule has 1 N–H and O–H groups in total. The molecule has 2 heterocycles. The Bertz CT molecular complexity index is 852. The normalized spacial score (nSPS) is 10.6. The Morgan fingerprint density at radius 1 is 1.09 bits per heavy atom. The molecular weight excluding hydrogens is 290 g/mol. The van der Waals surface area contributed by atoms with E-state index < -0.39 is 0 Å². The Morgan fingerprint density at radius 3 is 2.39 bits per heavy atom. The predicted octanol–water partition coefficient (Wildman–Crippen LogP) is 2.84. The molecule has 6 heteroatoms. The lowest BCUT2D eigenvalue weighted by Gasteiger charge is -2.08. The van der Waals surface area contributed by atoms with Crippen molar-refractivity contribution in [3.05, 3.63) is 65.2 Å². The fourth-order valence-electron chi connectivity index (χ4n) is 2.35. The summed E-state index contributed by atoms with van der Waals surface area (Å²) in [5.41, 5.74) is 3.96. The first-order valence-corrected chi connectivity index (χ1v) is 7.27. The molecule has 0 aliphatic carbocycles. The number of hydrogen-bond donors (Lipinski definition) is 1. The number of carbonyl (C=O) groups is 1. The first-order chi connectivity index (χ1) is 11.0. The van der Waals surface area contributed by atoms with Gasteiger partial charge in [0.2, 0.25) is 0 Å². The lowest BCUT2D eigenvalue weighted by Crippen LogP contribution is -2.14.